The Morgan fingerprint density at radius 1 is 1.03 bits per heavy atom. The lowest BCUT2D eigenvalue weighted by Gasteiger charge is -2.33. The number of carbonyl (C=O) groups is 1. The van der Waals surface area contributed by atoms with E-state index in [1.54, 1.807) is 0 Å². The number of hydrogen-bond donors (Lipinski definition) is 0. The monoisotopic (exact) mass is 408 g/mol. The van der Waals surface area contributed by atoms with Gasteiger partial charge in [-0.2, -0.15) is 0 Å². The highest BCUT2D eigenvalue weighted by molar-refractivity contribution is 6.30. The zero-order chi connectivity index (χ0) is 21.0. The molecule has 0 saturated carbocycles. The lowest BCUT2D eigenvalue weighted by Crippen LogP contribution is -2.41. The van der Waals surface area contributed by atoms with Crippen molar-refractivity contribution in [1.82, 2.24) is 9.47 Å². The van der Waals surface area contributed by atoms with Gasteiger partial charge in [0.25, 0.3) is 5.91 Å². The van der Waals surface area contributed by atoms with Crippen molar-refractivity contribution in [3.63, 3.8) is 0 Å². The van der Waals surface area contributed by atoms with Gasteiger partial charge >= 0.3 is 0 Å². The van der Waals surface area contributed by atoms with E-state index in [9.17, 15) is 4.79 Å². The Kier molecular flexibility index (Phi) is 6.81. The van der Waals surface area contributed by atoms with Gasteiger partial charge in [-0.3, -0.25) is 4.79 Å². The summed E-state index contributed by atoms with van der Waals surface area (Å²) >= 11 is 6.15. The van der Waals surface area contributed by atoms with Gasteiger partial charge in [-0.1, -0.05) is 55.8 Å². The van der Waals surface area contributed by atoms with Gasteiger partial charge in [-0.25, -0.2) is 0 Å². The third kappa shape index (κ3) is 5.10. The van der Waals surface area contributed by atoms with Crippen molar-refractivity contribution in [2.24, 2.45) is 5.92 Å². The number of benzene rings is 2. The van der Waals surface area contributed by atoms with Crippen LogP contribution in [0, 0.1) is 12.8 Å². The molecular formula is C25H29ClN2O. The summed E-state index contributed by atoms with van der Waals surface area (Å²) in [5.41, 5.74) is 4.03. The van der Waals surface area contributed by atoms with Gasteiger partial charge in [-0.05, 0) is 61.2 Å². The van der Waals surface area contributed by atoms with Gasteiger partial charge in [0.1, 0.15) is 0 Å². The van der Waals surface area contributed by atoms with E-state index < -0.39 is 0 Å². The molecular weight excluding hydrogens is 380 g/mol. The summed E-state index contributed by atoms with van der Waals surface area (Å²) in [6.07, 6.45) is 2.06. The molecule has 0 bridgehead atoms. The van der Waals surface area contributed by atoms with Crippen LogP contribution in [0.5, 0.6) is 0 Å². The fourth-order valence-corrected chi connectivity index (χ4v) is 3.69. The van der Waals surface area contributed by atoms with Crippen LogP contribution in [0.3, 0.4) is 0 Å². The van der Waals surface area contributed by atoms with Crippen LogP contribution in [0.1, 0.15) is 48.0 Å². The average Bonchev–Trinajstić information content (AvgIpc) is 3.12. The molecule has 3 nitrogen and oxygen atoms in total. The summed E-state index contributed by atoms with van der Waals surface area (Å²) in [4.78, 5) is 15.4. The number of aromatic nitrogens is 1. The van der Waals surface area contributed by atoms with Crippen LogP contribution in [0.2, 0.25) is 5.02 Å². The summed E-state index contributed by atoms with van der Waals surface area (Å²) in [5.74, 6) is 0.444. The summed E-state index contributed by atoms with van der Waals surface area (Å²) in [6.45, 7) is 9.74. The van der Waals surface area contributed by atoms with Gasteiger partial charge in [0.05, 0.1) is 6.54 Å². The normalized spacial score (nSPS) is 12.2. The molecule has 1 unspecified atom stereocenters. The summed E-state index contributed by atoms with van der Waals surface area (Å²) < 4.78 is 2.19. The van der Waals surface area contributed by atoms with Gasteiger partial charge in [0.15, 0.2) is 0 Å². The Bertz CT molecular complexity index is 976. The number of rotatable bonds is 7. The van der Waals surface area contributed by atoms with Crippen LogP contribution in [0.4, 0.5) is 0 Å². The maximum absolute atomic E-state index is 13.5. The second kappa shape index (κ2) is 9.32. The van der Waals surface area contributed by atoms with E-state index in [0.717, 1.165) is 34.0 Å². The van der Waals surface area contributed by atoms with E-state index in [-0.39, 0.29) is 11.9 Å². The molecule has 4 heteroatoms. The molecule has 1 aromatic heterocycles. The van der Waals surface area contributed by atoms with E-state index in [4.69, 9.17) is 11.6 Å². The zero-order valence-corrected chi connectivity index (χ0v) is 18.4. The molecule has 2 aromatic carbocycles. The topological polar surface area (TPSA) is 25.2 Å². The Morgan fingerprint density at radius 2 is 1.79 bits per heavy atom. The summed E-state index contributed by atoms with van der Waals surface area (Å²) in [5, 5.41) is 0.737. The van der Waals surface area contributed by atoms with Gasteiger partial charge in [0.2, 0.25) is 0 Å². The van der Waals surface area contributed by atoms with Gasteiger partial charge in [-0.15, -0.1) is 0 Å². The third-order valence-corrected chi connectivity index (χ3v) is 5.83. The fourth-order valence-electron chi connectivity index (χ4n) is 3.48. The Labute approximate surface area is 178 Å². The fraction of sp³-hybridized carbons (Fsp3) is 0.320. The standard InChI is InChI=1S/C25H29ClN2O/c1-18(2)20(4)28(25(29)24-13-6-5-9-19(24)3)17-23-12-8-14-27(23)16-21-10-7-11-22(26)15-21/h5-15,18,20H,16-17H2,1-4H3. The molecule has 0 radical (unpaired) electrons. The predicted octanol–water partition coefficient (Wildman–Crippen LogP) is 6.19. The Hall–Kier alpha value is -2.52. The van der Waals surface area contributed by atoms with Crippen molar-refractivity contribution in [3.8, 4) is 0 Å². The maximum Gasteiger partial charge on any atom is 0.254 e. The van der Waals surface area contributed by atoms with Crippen LogP contribution in [0.15, 0.2) is 66.9 Å². The Morgan fingerprint density at radius 3 is 2.48 bits per heavy atom. The van der Waals surface area contributed by atoms with E-state index in [2.05, 4.69) is 43.7 Å². The van der Waals surface area contributed by atoms with Crippen LogP contribution in [0.25, 0.3) is 0 Å². The second-order valence-electron chi connectivity index (χ2n) is 7.99. The largest absolute Gasteiger partial charge is 0.345 e. The number of hydrogen-bond acceptors (Lipinski definition) is 1. The lowest BCUT2D eigenvalue weighted by molar-refractivity contribution is 0.0622. The number of amides is 1. The molecule has 1 atom stereocenters. The van der Waals surface area contributed by atoms with E-state index >= 15 is 0 Å². The summed E-state index contributed by atoms with van der Waals surface area (Å²) in [6, 6.07) is 20.0. The smallest absolute Gasteiger partial charge is 0.254 e. The number of nitrogens with zero attached hydrogens (tertiary/aromatic N) is 2. The first-order valence-corrected chi connectivity index (χ1v) is 10.5. The van der Waals surface area contributed by atoms with Crippen molar-refractivity contribution in [2.45, 2.75) is 46.8 Å². The lowest BCUT2D eigenvalue weighted by atomic mass is 10.0. The van der Waals surface area contributed by atoms with Crippen LogP contribution in [-0.4, -0.2) is 21.4 Å². The van der Waals surface area contributed by atoms with Crippen molar-refractivity contribution >= 4 is 17.5 Å². The highest BCUT2D eigenvalue weighted by Crippen LogP contribution is 2.21. The SMILES string of the molecule is Cc1ccccc1C(=O)N(Cc1cccn1Cc1cccc(Cl)c1)C(C)C(C)C. The van der Waals surface area contributed by atoms with Crippen molar-refractivity contribution in [1.29, 1.82) is 0 Å². The highest BCUT2D eigenvalue weighted by Gasteiger charge is 2.25. The van der Waals surface area contributed by atoms with Crippen LogP contribution >= 0.6 is 11.6 Å². The van der Waals surface area contributed by atoms with Crippen molar-refractivity contribution in [3.05, 3.63) is 94.3 Å². The molecule has 0 saturated heterocycles. The van der Waals surface area contributed by atoms with Gasteiger partial charge < -0.3 is 9.47 Å². The molecule has 1 amide bonds. The first kappa shape index (κ1) is 21.2. The second-order valence-corrected chi connectivity index (χ2v) is 8.43. The summed E-state index contributed by atoms with van der Waals surface area (Å²) in [7, 11) is 0. The maximum atomic E-state index is 13.5. The van der Waals surface area contributed by atoms with E-state index in [1.165, 1.54) is 0 Å². The van der Waals surface area contributed by atoms with Crippen molar-refractivity contribution in [2.75, 3.05) is 0 Å². The highest BCUT2D eigenvalue weighted by atomic mass is 35.5. The molecule has 29 heavy (non-hydrogen) atoms. The molecule has 0 fully saturated rings. The third-order valence-electron chi connectivity index (χ3n) is 5.59. The number of aryl methyl sites for hydroxylation is 1. The minimum atomic E-state index is 0.0832. The molecule has 0 spiro atoms. The average molecular weight is 409 g/mol. The molecule has 0 N–H and O–H groups in total. The first-order valence-electron chi connectivity index (χ1n) is 10.1. The molecule has 0 aliphatic carbocycles. The number of halogens is 1. The minimum Gasteiger partial charge on any atom is -0.345 e. The molecule has 0 aliphatic heterocycles. The molecule has 152 valence electrons. The Balaban J connectivity index is 1.88. The van der Waals surface area contributed by atoms with Crippen LogP contribution in [-0.2, 0) is 13.1 Å². The van der Waals surface area contributed by atoms with Crippen LogP contribution < -0.4 is 0 Å². The predicted molar refractivity (Wildman–Crippen MR) is 120 cm³/mol. The zero-order valence-electron chi connectivity index (χ0n) is 17.6. The molecule has 3 aromatic rings. The molecule has 0 aliphatic rings. The quantitative estimate of drug-likeness (QED) is 0.457. The van der Waals surface area contributed by atoms with Gasteiger partial charge in [0, 0.05) is 35.1 Å². The molecule has 3 rings (SSSR count). The minimum absolute atomic E-state index is 0.0832. The van der Waals surface area contributed by atoms with E-state index in [1.807, 2.05) is 60.4 Å². The van der Waals surface area contributed by atoms with Crippen molar-refractivity contribution < 1.29 is 4.79 Å². The van der Waals surface area contributed by atoms with E-state index in [0.29, 0.717) is 12.5 Å². The molecule has 1 heterocycles. The number of carbonyl (C=O) groups excluding carboxylic acids is 1. The first-order chi connectivity index (χ1) is 13.9.